The largest absolute Gasteiger partial charge is 0.497 e. The van der Waals surface area contributed by atoms with Crippen molar-refractivity contribution in [1.82, 2.24) is 0 Å². The first-order valence-corrected chi connectivity index (χ1v) is 8.80. The molecule has 0 saturated carbocycles. The number of benzene rings is 2. The highest BCUT2D eigenvalue weighted by Gasteiger charge is 2.42. The normalized spacial score (nSPS) is 19.1. The fourth-order valence-corrected chi connectivity index (χ4v) is 3.89. The number of fused-ring (bicyclic) bond motifs is 3. The Morgan fingerprint density at radius 1 is 1.15 bits per heavy atom. The third kappa shape index (κ3) is 3.11. The average molecular weight is 376 g/mol. The lowest BCUT2D eigenvalue weighted by Crippen LogP contribution is -2.50. The van der Waals surface area contributed by atoms with Gasteiger partial charge in [-0.1, -0.05) is 12.1 Å². The molecular formula is C20H19F3N2O2. The minimum absolute atomic E-state index is 0.151. The molecule has 7 heteroatoms. The Morgan fingerprint density at radius 3 is 2.70 bits per heavy atom. The molecule has 0 aromatic heterocycles. The summed E-state index contributed by atoms with van der Waals surface area (Å²) in [5, 5.41) is 0. The van der Waals surface area contributed by atoms with E-state index in [9.17, 15) is 18.0 Å². The highest BCUT2D eigenvalue weighted by atomic mass is 19.4. The van der Waals surface area contributed by atoms with Crippen molar-refractivity contribution in [3.8, 4) is 5.75 Å². The van der Waals surface area contributed by atoms with Crippen LogP contribution in [0.15, 0.2) is 42.5 Å². The van der Waals surface area contributed by atoms with E-state index in [0.29, 0.717) is 30.1 Å². The van der Waals surface area contributed by atoms with Crippen molar-refractivity contribution in [2.24, 2.45) is 0 Å². The van der Waals surface area contributed by atoms with E-state index in [1.54, 1.807) is 25.3 Å². The van der Waals surface area contributed by atoms with Gasteiger partial charge in [-0.3, -0.25) is 4.79 Å². The first-order chi connectivity index (χ1) is 12.9. The third-order valence-electron chi connectivity index (χ3n) is 5.18. The fourth-order valence-electron chi connectivity index (χ4n) is 3.89. The number of anilines is 2. The Balaban J connectivity index is 1.78. The molecule has 2 aliphatic rings. The van der Waals surface area contributed by atoms with Crippen LogP contribution in [0.1, 0.15) is 24.0 Å². The molecule has 4 rings (SSSR count). The molecule has 4 nitrogen and oxygen atoms in total. The molecule has 1 amide bonds. The lowest BCUT2D eigenvalue weighted by molar-refractivity contribution is -0.137. The monoisotopic (exact) mass is 376 g/mol. The van der Waals surface area contributed by atoms with E-state index < -0.39 is 11.7 Å². The van der Waals surface area contributed by atoms with Gasteiger partial charge in [-0.15, -0.1) is 0 Å². The van der Waals surface area contributed by atoms with Crippen molar-refractivity contribution in [3.63, 3.8) is 0 Å². The molecule has 2 aliphatic heterocycles. The maximum Gasteiger partial charge on any atom is 0.416 e. The van der Waals surface area contributed by atoms with Crippen LogP contribution < -0.4 is 14.5 Å². The number of carbonyl (C=O) groups is 1. The van der Waals surface area contributed by atoms with Crippen LogP contribution in [0, 0.1) is 0 Å². The van der Waals surface area contributed by atoms with Crippen molar-refractivity contribution < 1.29 is 22.7 Å². The van der Waals surface area contributed by atoms with Gasteiger partial charge in [0.15, 0.2) is 0 Å². The SMILES string of the molecule is COc1cccc(CN2C(=O)[C@H]3CCCN3c3ccc(C(F)(F)F)cc32)c1. The van der Waals surface area contributed by atoms with Crippen LogP contribution in [0.25, 0.3) is 0 Å². The highest BCUT2D eigenvalue weighted by Crippen LogP contribution is 2.43. The number of amides is 1. The van der Waals surface area contributed by atoms with Crippen LogP contribution in [-0.4, -0.2) is 25.6 Å². The quantitative estimate of drug-likeness (QED) is 0.804. The Hall–Kier alpha value is -2.70. The van der Waals surface area contributed by atoms with Gasteiger partial charge in [-0.2, -0.15) is 13.2 Å². The molecule has 0 bridgehead atoms. The lowest BCUT2D eigenvalue weighted by Gasteiger charge is -2.40. The summed E-state index contributed by atoms with van der Waals surface area (Å²) in [6, 6.07) is 10.6. The predicted molar refractivity (Wildman–Crippen MR) is 96.0 cm³/mol. The summed E-state index contributed by atoms with van der Waals surface area (Å²) in [4.78, 5) is 16.5. The number of carbonyl (C=O) groups excluding carboxylic acids is 1. The topological polar surface area (TPSA) is 32.8 Å². The molecule has 0 aliphatic carbocycles. The van der Waals surface area contributed by atoms with Gasteiger partial charge in [0.1, 0.15) is 11.8 Å². The van der Waals surface area contributed by atoms with E-state index in [2.05, 4.69) is 0 Å². The molecular weight excluding hydrogens is 357 g/mol. The van der Waals surface area contributed by atoms with Gasteiger partial charge < -0.3 is 14.5 Å². The summed E-state index contributed by atoms with van der Waals surface area (Å²) < 4.78 is 44.9. The maximum atomic E-state index is 13.2. The van der Waals surface area contributed by atoms with Crippen molar-refractivity contribution >= 4 is 17.3 Å². The van der Waals surface area contributed by atoms with E-state index in [4.69, 9.17) is 4.74 Å². The van der Waals surface area contributed by atoms with E-state index in [1.165, 1.54) is 11.0 Å². The molecule has 1 saturated heterocycles. The summed E-state index contributed by atoms with van der Waals surface area (Å²) in [6.07, 6.45) is -2.89. The minimum Gasteiger partial charge on any atom is -0.497 e. The van der Waals surface area contributed by atoms with E-state index in [-0.39, 0.29) is 18.5 Å². The van der Waals surface area contributed by atoms with Gasteiger partial charge >= 0.3 is 6.18 Å². The fraction of sp³-hybridized carbons (Fsp3) is 0.350. The van der Waals surface area contributed by atoms with Crippen LogP contribution in [-0.2, 0) is 17.5 Å². The van der Waals surface area contributed by atoms with Crippen molar-refractivity contribution in [3.05, 3.63) is 53.6 Å². The van der Waals surface area contributed by atoms with Gasteiger partial charge in [-0.25, -0.2) is 0 Å². The van der Waals surface area contributed by atoms with Crippen LogP contribution in [0.4, 0.5) is 24.5 Å². The van der Waals surface area contributed by atoms with Crippen molar-refractivity contribution in [2.45, 2.75) is 31.6 Å². The van der Waals surface area contributed by atoms with Crippen LogP contribution in [0.5, 0.6) is 5.75 Å². The summed E-state index contributed by atoms with van der Waals surface area (Å²) in [5.74, 6) is 0.492. The van der Waals surface area contributed by atoms with Crippen LogP contribution in [0.2, 0.25) is 0 Å². The molecule has 27 heavy (non-hydrogen) atoms. The average Bonchev–Trinajstić information content (AvgIpc) is 3.14. The number of alkyl halides is 3. The number of nitrogens with zero attached hydrogens (tertiary/aromatic N) is 2. The zero-order valence-electron chi connectivity index (χ0n) is 14.8. The molecule has 1 atom stereocenters. The van der Waals surface area contributed by atoms with E-state index in [1.807, 2.05) is 11.0 Å². The third-order valence-corrected chi connectivity index (χ3v) is 5.18. The Bertz CT molecular complexity index is 882. The molecule has 0 unspecified atom stereocenters. The summed E-state index contributed by atoms with van der Waals surface area (Å²) in [6.45, 7) is 0.885. The van der Waals surface area contributed by atoms with Crippen LogP contribution in [0.3, 0.4) is 0 Å². The number of methoxy groups -OCH3 is 1. The lowest BCUT2D eigenvalue weighted by atomic mass is 10.0. The second-order valence-corrected chi connectivity index (χ2v) is 6.83. The van der Waals surface area contributed by atoms with Gasteiger partial charge in [0.2, 0.25) is 5.91 Å². The van der Waals surface area contributed by atoms with Gasteiger partial charge in [0, 0.05) is 6.54 Å². The van der Waals surface area contributed by atoms with E-state index >= 15 is 0 Å². The van der Waals surface area contributed by atoms with Crippen molar-refractivity contribution in [2.75, 3.05) is 23.5 Å². The van der Waals surface area contributed by atoms with Crippen LogP contribution >= 0.6 is 0 Å². The minimum atomic E-state index is -4.46. The number of halogens is 3. The second-order valence-electron chi connectivity index (χ2n) is 6.83. The molecule has 0 N–H and O–H groups in total. The molecule has 2 aromatic rings. The summed E-state index contributed by atoms with van der Waals surface area (Å²) >= 11 is 0. The smallest absolute Gasteiger partial charge is 0.416 e. The highest BCUT2D eigenvalue weighted by molar-refractivity contribution is 6.06. The summed E-state index contributed by atoms with van der Waals surface area (Å²) in [5.41, 5.74) is 1.06. The second kappa shape index (κ2) is 6.48. The number of hydrogen-bond acceptors (Lipinski definition) is 3. The Labute approximate surface area is 155 Å². The van der Waals surface area contributed by atoms with E-state index in [0.717, 1.165) is 24.1 Å². The zero-order chi connectivity index (χ0) is 19.2. The number of hydrogen-bond donors (Lipinski definition) is 0. The summed E-state index contributed by atoms with van der Waals surface area (Å²) in [7, 11) is 1.55. The first kappa shape index (κ1) is 17.7. The van der Waals surface area contributed by atoms with Gasteiger partial charge in [-0.05, 0) is 48.7 Å². The number of rotatable bonds is 3. The molecule has 1 fully saturated rings. The van der Waals surface area contributed by atoms with Gasteiger partial charge in [0.05, 0.1) is 30.6 Å². The maximum absolute atomic E-state index is 13.2. The predicted octanol–water partition coefficient (Wildman–Crippen LogP) is 4.23. The Kier molecular flexibility index (Phi) is 4.25. The molecule has 2 aromatic carbocycles. The molecule has 142 valence electrons. The standard InChI is InChI=1S/C20H19F3N2O2/c1-27-15-5-2-4-13(10-15)12-25-18-11-14(20(21,22)23)7-8-16(18)24-9-3-6-17(24)19(25)26/h2,4-5,7-8,10-11,17H,3,6,9,12H2,1H3/t17-/m1/s1. The Morgan fingerprint density at radius 2 is 1.96 bits per heavy atom. The number of ether oxygens (including phenoxy) is 1. The van der Waals surface area contributed by atoms with Gasteiger partial charge in [0.25, 0.3) is 0 Å². The molecule has 0 spiro atoms. The zero-order valence-corrected chi connectivity index (χ0v) is 14.8. The molecule has 0 radical (unpaired) electrons. The molecule has 2 heterocycles. The first-order valence-electron chi connectivity index (χ1n) is 8.80. The van der Waals surface area contributed by atoms with Crippen molar-refractivity contribution in [1.29, 1.82) is 0 Å².